The zero-order valence-electron chi connectivity index (χ0n) is 17.5. The van der Waals surface area contributed by atoms with E-state index < -0.39 is 9.84 Å². The Kier molecular flexibility index (Phi) is 7.13. The minimum absolute atomic E-state index is 0.0185. The van der Waals surface area contributed by atoms with Gasteiger partial charge >= 0.3 is 0 Å². The molecule has 1 aromatic heterocycles. The van der Waals surface area contributed by atoms with Gasteiger partial charge in [0.25, 0.3) is 5.91 Å². The van der Waals surface area contributed by atoms with Crippen LogP contribution in [0.5, 0.6) is 5.75 Å². The average Bonchev–Trinajstić information content (AvgIpc) is 3.47. The topological polar surface area (TPSA) is 105 Å². The van der Waals surface area contributed by atoms with E-state index >= 15 is 0 Å². The van der Waals surface area contributed by atoms with E-state index in [4.69, 9.17) is 16.3 Å². The van der Waals surface area contributed by atoms with Gasteiger partial charge in [-0.3, -0.25) is 14.5 Å². The van der Waals surface area contributed by atoms with Gasteiger partial charge in [-0.05, 0) is 42.1 Å². The van der Waals surface area contributed by atoms with Gasteiger partial charge in [0.2, 0.25) is 5.91 Å². The third kappa shape index (κ3) is 5.60. The number of thiophene rings is 1. The molecule has 1 aromatic carbocycles. The van der Waals surface area contributed by atoms with E-state index in [1.807, 2.05) is 17.5 Å². The number of carbonyl (C=O) groups is 2. The van der Waals surface area contributed by atoms with Crippen molar-refractivity contribution >= 4 is 73.3 Å². The van der Waals surface area contributed by atoms with E-state index in [0.717, 1.165) is 16.6 Å². The fourth-order valence-electron chi connectivity index (χ4n) is 3.43. The zero-order chi connectivity index (χ0) is 23.6. The Morgan fingerprint density at radius 1 is 1.42 bits per heavy atom. The molecular weight excluding hydrogens is 506 g/mol. The Bertz CT molecular complexity index is 1240. The van der Waals surface area contributed by atoms with E-state index in [0.29, 0.717) is 28.0 Å². The summed E-state index contributed by atoms with van der Waals surface area (Å²) in [6.07, 6.45) is 2.10. The molecule has 33 heavy (non-hydrogen) atoms. The van der Waals surface area contributed by atoms with Gasteiger partial charge in [0.15, 0.2) is 15.0 Å². The standard InChI is InChI=1S/C21H20ClN3O5S3/c1-30-18-5-4-14(9-16(18)22)25-20(27)17(10-15-3-2-7-31-15)24-21(25)32-11-19(26)23-13-6-8-33(28,29)12-13/h2-5,7,9-10,13H,6,8,11-12H2,1H3,(H,23,26). The molecule has 0 radical (unpaired) electrons. The number of aliphatic imine (C=N–C) groups is 1. The van der Waals surface area contributed by atoms with E-state index in [1.165, 1.54) is 23.3 Å². The molecule has 4 rings (SSSR count). The zero-order valence-corrected chi connectivity index (χ0v) is 20.7. The summed E-state index contributed by atoms with van der Waals surface area (Å²) in [5, 5.41) is 5.32. The Hall–Kier alpha value is -2.34. The number of nitrogens with zero attached hydrogens (tertiary/aromatic N) is 2. The Morgan fingerprint density at radius 3 is 2.88 bits per heavy atom. The normalized spacial score (nSPS) is 20.8. The second-order valence-corrected chi connectivity index (χ2v) is 11.9. The molecule has 0 aliphatic carbocycles. The molecule has 8 nitrogen and oxygen atoms in total. The maximum absolute atomic E-state index is 13.2. The van der Waals surface area contributed by atoms with Gasteiger partial charge in [0.05, 0.1) is 35.1 Å². The first-order valence-corrected chi connectivity index (χ1v) is 14.0. The fraction of sp³-hybridized carbons (Fsp3) is 0.286. The monoisotopic (exact) mass is 525 g/mol. The number of methoxy groups -OCH3 is 1. The molecule has 1 N–H and O–H groups in total. The number of hydrogen-bond donors (Lipinski definition) is 1. The largest absolute Gasteiger partial charge is 0.495 e. The van der Waals surface area contributed by atoms with Crippen molar-refractivity contribution in [2.24, 2.45) is 4.99 Å². The van der Waals surface area contributed by atoms with Gasteiger partial charge in [-0.2, -0.15) is 0 Å². The van der Waals surface area contributed by atoms with Crippen LogP contribution in [-0.4, -0.2) is 55.8 Å². The van der Waals surface area contributed by atoms with Crippen LogP contribution in [0.25, 0.3) is 6.08 Å². The predicted molar refractivity (Wildman–Crippen MR) is 133 cm³/mol. The number of sulfone groups is 1. The molecule has 2 aliphatic heterocycles. The van der Waals surface area contributed by atoms with Crippen LogP contribution < -0.4 is 15.0 Å². The summed E-state index contributed by atoms with van der Waals surface area (Å²) in [4.78, 5) is 32.4. The Balaban J connectivity index is 1.54. The summed E-state index contributed by atoms with van der Waals surface area (Å²) >= 11 is 8.84. The number of carbonyl (C=O) groups excluding carboxylic acids is 2. The highest BCUT2D eigenvalue weighted by molar-refractivity contribution is 8.14. The van der Waals surface area contributed by atoms with Crippen LogP contribution in [0.2, 0.25) is 5.02 Å². The minimum atomic E-state index is -3.09. The highest BCUT2D eigenvalue weighted by atomic mass is 35.5. The summed E-state index contributed by atoms with van der Waals surface area (Å²) in [6.45, 7) is 0. The molecule has 2 aromatic rings. The summed E-state index contributed by atoms with van der Waals surface area (Å²) in [6, 6.07) is 8.32. The number of halogens is 1. The third-order valence-corrected chi connectivity index (χ3v) is 8.80. The number of amides is 2. The number of rotatable bonds is 6. The first kappa shape index (κ1) is 23.8. The van der Waals surface area contributed by atoms with Crippen molar-refractivity contribution in [2.75, 3.05) is 29.3 Å². The lowest BCUT2D eigenvalue weighted by atomic mass is 10.2. The molecule has 0 saturated carbocycles. The van der Waals surface area contributed by atoms with Crippen molar-refractivity contribution in [1.29, 1.82) is 0 Å². The number of thioether (sulfide) groups is 1. The SMILES string of the molecule is COc1ccc(N2C(=O)C(=Cc3cccs3)N=C2SCC(=O)NC2CCS(=O)(=O)C2)cc1Cl. The van der Waals surface area contributed by atoms with Crippen LogP contribution in [0.1, 0.15) is 11.3 Å². The molecule has 1 unspecified atom stereocenters. The first-order chi connectivity index (χ1) is 15.8. The molecule has 1 fully saturated rings. The van der Waals surface area contributed by atoms with E-state index in [9.17, 15) is 18.0 Å². The molecule has 2 aliphatic rings. The molecule has 0 bridgehead atoms. The van der Waals surface area contributed by atoms with Crippen LogP contribution in [0.4, 0.5) is 5.69 Å². The van der Waals surface area contributed by atoms with Crippen molar-refractivity contribution in [2.45, 2.75) is 12.5 Å². The summed E-state index contributed by atoms with van der Waals surface area (Å²) in [5.74, 6) is -0.175. The molecular formula is C21H20ClN3O5S3. The van der Waals surface area contributed by atoms with Crippen LogP contribution in [0, 0.1) is 0 Å². The molecule has 1 saturated heterocycles. The number of hydrogen-bond acceptors (Lipinski definition) is 8. The minimum Gasteiger partial charge on any atom is -0.495 e. The maximum atomic E-state index is 13.2. The van der Waals surface area contributed by atoms with Crippen molar-refractivity contribution in [3.8, 4) is 5.75 Å². The summed E-state index contributed by atoms with van der Waals surface area (Å²) < 4.78 is 28.4. The molecule has 174 valence electrons. The second kappa shape index (κ2) is 9.88. The van der Waals surface area contributed by atoms with Gasteiger partial charge in [0, 0.05) is 10.9 Å². The van der Waals surface area contributed by atoms with Gasteiger partial charge < -0.3 is 10.1 Å². The number of amidine groups is 1. The van der Waals surface area contributed by atoms with Crippen LogP contribution in [-0.2, 0) is 19.4 Å². The predicted octanol–water partition coefficient (Wildman–Crippen LogP) is 3.19. The Labute approximate surface area is 204 Å². The highest BCUT2D eigenvalue weighted by Gasteiger charge is 2.34. The highest BCUT2D eigenvalue weighted by Crippen LogP contribution is 2.34. The summed E-state index contributed by atoms with van der Waals surface area (Å²) in [5.41, 5.74) is 0.739. The first-order valence-electron chi connectivity index (χ1n) is 9.90. The lowest BCUT2D eigenvalue weighted by molar-refractivity contribution is -0.119. The van der Waals surface area contributed by atoms with Gasteiger partial charge in [-0.1, -0.05) is 29.4 Å². The van der Waals surface area contributed by atoms with Crippen LogP contribution in [0.3, 0.4) is 0 Å². The molecule has 1 atom stereocenters. The van der Waals surface area contributed by atoms with Crippen molar-refractivity contribution < 1.29 is 22.7 Å². The molecule has 3 heterocycles. The van der Waals surface area contributed by atoms with Gasteiger partial charge in [-0.15, -0.1) is 11.3 Å². The number of benzene rings is 1. The Morgan fingerprint density at radius 2 is 2.24 bits per heavy atom. The van der Waals surface area contributed by atoms with E-state index in [1.54, 1.807) is 24.3 Å². The lowest BCUT2D eigenvalue weighted by Gasteiger charge is -2.19. The van der Waals surface area contributed by atoms with Crippen molar-refractivity contribution in [3.63, 3.8) is 0 Å². The lowest BCUT2D eigenvalue weighted by Crippen LogP contribution is -2.37. The van der Waals surface area contributed by atoms with E-state index in [-0.39, 0.29) is 40.8 Å². The van der Waals surface area contributed by atoms with Crippen molar-refractivity contribution in [1.82, 2.24) is 5.32 Å². The quantitative estimate of drug-likeness (QED) is 0.581. The van der Waals surface area contributed by atoms with Gasteiger partial charge in [0.1, 0.15) is 11.4 Å². The van der Waals surface area contributed by atoms with Crippen LogP contribution in [0.15, 0.2) is 46.4 Å². The third-order valence-electron chi connectivity index (χ3n) is 4.98. The maximum Gasteiger partial charge on any atom is 0.283 e. The summed E-state index contributed by atoms with van der Waals surface area (Å²) in [7, 11) is -1.59. The number of nitrogens with one attached hydrogen (secondary N) is 1. The number of anilines is 1. The molecule has 2 amide bonds. The van der Waals surface area contributed by atoms with Crippen LogP contribution >= 0.6 is 34.7 Å². The molecule has 12 heteroatoms. The second-order valence-electron chi connectivity index (χ2n) is 7.35. The van der Waals surface area contributed by atoms with Gasteiger partial charge in [-0.25, -0.2) is 13.4 Å². The van der Waals surface area contributed by atoms with E-state index in [2.05, 4.69) is 10.3 Å². The fourth-order valence-corrected chi connectivity index (χ4v) is 6.83. The number of ether oxygens (including phenoxy) is 1. The van der Waals surface area contributed by atoms with Crippen molar-refractivity contribution in [3.05, 3.63) is 51.3 Å². The average molecular weight is 526 g/mol. The smallest absolute Gasteiger partial charge is 0.283 e. The molecule has 0 spiro atoms.